The molecule has 0 radical (unpaired) electrons. The van der Waals surface area contributed by atoms with Crippen molar-refractivity contribution >= 4 is 0 Å². The van der Waals surface area contributed by atoms with E-state index in [1.807, 2.05) is 0 Å². The minimum absolute atomic E-state index is 0.0923. The lowest BCUT2D eigenvalue weighted by atomic mass is 9.73. The Labute approximate surface area is 131 Å². The van der Waals surface area contributed by atoms with Gasteiger partial charge in [-0.2, -0.15) is 0 Å². The lowest BCUT2D eigenvalue weighted by molar-refractivity contribution is 0.0456. The summed E-state index contributed by atoms with van der Waals surface area (Å²) in [5, 5.41) is 13.7. The van der Waals surface area contributed by atoms with E-state index >= 15 is 0 Å². The molecule has 2 N–H and O–H groups in total. The number of β-amino-alcohol motifs (C(OH)–C–C–N with tert-alkyl or cyclic N) is 1. The minimum atomic E-state index is -0.0923. The minimum Gasteiger partial charge on any atom is -0.392 e. The Balaban J connectivity index is 1.91. The summed E-state index contributed by atoms with van der Waals surface area (Å²) in [5.74, 6) is 2.47. The van der Waals surface area contributed by atoms with Gasteiger partial charge in [0.15, 0.2) is 0 Å². The second kappa shape index (κ2) is 8.50. The number of likely N-dealkylation sites (tertiary alicyclic amines) is 1. The van der Waals surface area contributed by atoms with E-state index in [2.05, 4.69) is 31.0 Å². The maximum Gasteiger partial charge on any atom is 0.0667 e. The summed E-state index contributed by atoms with van der Waals surface area (Å²) in [6.45, 7) is 11.4. The summed E-state index contributed by atoms with van der Waals surface area (Å²) in [6.07, 6.45) is 7.37. The summed E-state index contributed by atoms with van der Waals surface area (Å²) in [6, 6.07) is 0.694. The van der Waals surface area contributed by atoms with Gasteiger partial charge in [-0.1, -0.05) is 20.8 Å². The normalized spacial score (nSPS) is 35.3. The van der Waals surface area contributed by atoms with Crippen molar-refractivity contribution in [1.82, 2.24) is 10.2 Å². The number of piperidine rings is 1. The number of nitrogens with zero attached hydrogens (tertiary/aromatic N) is 1. The van der Waals surface area contributed by atoms with Crippen LogP contribution >= 0.6 is 0 Å². The Morgan fingerprint density at radius 1 is 1.24 bits per heavy atom. The zero-order valence-electron chi connectivity index (χ0n) is 14.4. The molecule has 1 saturated heterocycles. The summed E-state index contributed by atoms with van der Waals surface area (Å²) in [7, 11) is 0. The van der Waals surface area contributed by atoms with Crippen LogP contribution in [0.4, 0.5) is 0 Å². The van der Waals surface area contributed by atoms with Gasteiger partial charge in [0.05, 0.1) is 6.10 Å². The zero-order chi connectivity index (χ0) is 15.2. The molecule has 4 atom stereocenters. The molecule has 0 amide bonds. The van der Waals surface area contributed by atoms with Crippen LogP contribution in [0.5, 0.6) is 0 Å². The number of nitrogens with one attached hydrogen (secondary N) is 1. The molecule has 2 aliphatic rings. The summed E-state index contributed by atoms with van der Waals surface area (Å²) < 4.78 is 0. The standard InChI is InChI=1S/C18H36N2O/c1-4-9-19-18-8-7-15(14(2)3)11-16(18)12-20-10-5-6-17(21)13-20/h14-19,21H,4-13H2,1-3H3. The third-order valence-electron chi connectivity index (χ3n) is 5.60. The van der Waals surface area contributed by atoms with Gasteiger partial charge in [-0.05, 0) is 69.4 Å². The molecule has 124 valence electrons. The second-order valence-corrected chi connectivity index (χ2v) is 7.69. The van der Waals surface area contributed by atoms with Crippen LogP contribution in [0, 0.1) is 17.8 Å². The van der Waals surface area contributed by atoms with Crippen LogP contribution in [0.2, 0.25) is 0 Å². The Kier molecular flexibility index (Phi) is 6.97. The van der Waals surface area contributed by atoms with E-state index in [0.29, 0.717) is 6.04 Å². The maximum atomic E-state index is 9.90. The Bertz CT molecular complexity index is 295. The summed E-state index contributed by atoms with van der Waals surface area (Å²) in [4.78, 5) is 2.52. The molecule has 1 aliphatic heterocycles. The quantitative estimate of drug-likeness (QED) is 0.791. The van der Waals surface area contributed by atoms with Crippen molar-refractivity contribution < 1.29 is 5.11 Å². The van der Waals surface area contributed by atoms with Crippen molar-refractivity contribution in [2.24, 2.45) is 17.8 Å². The van der Waals surface area contributed by atoms with Crippen molar-refractivity contribution in [3.05, 3.63) is 0 Å². The smallest absolute Gasteiger partial charge is 0.0667 e. The maximum absolute atomic E-state index is 9.90. The predicted molar refractivity (Wildman–Crippen MR) is 89.4 cm³/mol. The highest BCUT2D eigenvalue weighted by Gasteiger charge is 2.33. The molecule has 4 unspecified atom stereocenters. The number of hydrogen-bond acceptors (Lipinski definition) is 3. The van der Waals surface area contributed by atoms with Gasteiger partial charge < -0.3 is 15.3 Å². The molecule has 1 saturated carbocycles. The molecular weight excluding hydrogens is 260 g/mol. The van der Waals surface area contributed by atoms with E-state index in [4.69, 9.17) is 0 Å². The first kappa shape index (κ1) is 17.2. The second-order valence-electron chi connectivity index (χ2n) is 7.69. The average molecular weight is 296 g/mol. The molecule has 1 heterocycles. The van der Waals surface area contributed by atoms with Gasteiger partial charge in [-0.25, -0.2) is 0 Å². The van der Waals surface area contributed by atoms with E-state index in [9.17, 15) is 5.11 Å². The van der Waals surface area contributed by atoms with Crippen LogP contribution in [-0.4, -0.2) is 48.3 Å². The van der Waals surface area contributed by atoms with Gasteiger partial charge in [-0.15, -0.1) is 0 Å². The van der Waals surface area contributed by atoms with Crippen molar-refractivity contribution in [3.8, 4) is 0 Å². The monoisotopic (exact) mass is 296 g/mol. The van der Waals surface area contributed by atoms with Gasteiger partial charge in [0.2, 0.25) is 0 Å². The zero-order valence-corrected chi connectivity index (χ0v) is 14.4. The molecule has 3 nitrogen and oxygen atoms in total. The lowest BCUT2D eigenvalue weighted by Crippen LogP contribution is -2.49. The molecule has 3 heteroatoms. The van der Waals surface area contributed by atoms with Crippen molar-refractivity contribution in [3.63, 3.8) is 0 Å². The fourth-order valence-electron chi connectivity index (χ4n) is 4.23. The first-order valence-corrected chi connectivity index (χ1v) is 9.24. The topological polar surface area (TPSA) is 35.5 Å². The van der Waals surface area contributed by atoms with E-state index in [1.165, 1.54) is 38.8 Å². The molecule has 2 rings (SSSR count). The molecule has 0 aromatic carbocycles. The fourth-order valence-corrected chi connectivity index (χ4v) is 4.23. The highest BCUT2D eigenvalue weighted by atomic mass is 16.3. The predicted octanol–water partition coefficient (Wildman–Crippen LogP) is 2.88. The van der Waals surface area contributed by atoms with Crippen LogP contribution in [0.3, 0.4) is 0 Å². The highest BCUT2D eigenvalue weighted by molar-refractivity contribution is 4.88. The van der Waals surface area contributed by atoms with Crippen LogP contribution in [-0.2, 0) is 0 Å². The summed E-state index contributed by atoms with van der Waals surface area (Å²) in [5.41, 5.74) is 0. The highest BCUT2D eigenvalue weighted by Crippen LogP contribution is 2.34. The van der Waals surface area contributed by atoms with E-state index in [-0.39, 0.29) is 6.10 Å². The Morgan fingerprint density at radius 2 is 2.05 bits per heavy atom. The fraction of sp³-hybridized carbons (Fsp3) is 1.00. The van der Waals surface area contributed by atoms with Crippen LogP contribution < -0.4 is 5.32 Å². The van der Waals surface area contributed by atoms with Crippen LogP contribution in [0.1, 0.15) is 59.3 Å². The van der Waals surface area contributed by atoms with Gasteiger partial charge in [0, 0.05) is 19.1 Å². The first-order valence-electron chi connectivity index (χ1n) is 9.24. The SMILES string of the molecule is CCCNC1CCC(C(C)C)CC1CN1CCCC(O)C1. The van der Waals surface area contributed by atoms with Crippen molar-refractivity contribution in [2.45, 2.75) is 71.4 Å². The number of aliphatic hydroxyl groups is 1. The van der Waals surface area contributed by atoms with E-state index in [1.54, 1.807) is 0 Å². The third-order valence-corrected chi connectivity index (χ3v) is 5.60. The molecule has 2 fully saturated rings. The number of aliphatic hydroxyl groups excluding tert-OH is 1. The molecule has 0 aromatic rings. The van der Waals surface area contributed by atoms with Gasteiger partial charge >= 0.3 is 0 Å². The molecule has 1 aliphatic carbocycles. The van der Waals surface area contributed by atoms with Gasteiger partial charge in [-0.3, -0.25) is 0 Å². The number of hydrogen-bond donors (Lipinski definition) is 2. The van der Waals surface area contributed by atoms with E-state index in [0.717, 1.165) is 43.7 Å². The van der Waals surface area contributed by atoms with Gasteiger partial charge in [0.1, 0.15) is 0 Å². The Morgan fingerprint density at radius 3 is 2.71 bits per heavy atom. The number of rotatable bonds is 6. The molecule has 0 aromatic heterocycles. The molecule has 0 spiro atoms. The third kappa shape index (κ3) is 5.22. The van der Waals surface area contributed by atoms with E-state index < -0.39 is 0 Å². The van der Waals surface area contributed by atoms with Crippen molar-refractivity contribution in [1.29, 1.82) is 0 Å². The van der Waals surface area contributed by atoms with Crippen molar-refractivity contribution in [2.75, 3.05) is 26.2 Å². The van der Waals surface area contributed by atoms with Gasteiger partial charge in [0.25, 0.3) is 0 Å². The molecular formula is C18H36N2O. The molecule has 21 heavy (non-hydrogen) atoms. The lowest BCUT2D eigenvalue weighted by Gasteiger charge is -2.42. The summed E-state index contributed by atoms with van der Waals surface area (Å²) >= 11 is 0. The largest absolute Gasteiger partial charge is 0.392 e. The average Bonchev–Trinajstić information content (AvgIpc) is 2.46. The Hall–Kier alpha value is -0.120. The molecule has 0 bridgehead atoms. The van der Waals surface area contributed by atoms with Crippen LogP contribution in [0.15, 0.2) is 0 Å². The van der Waals surface area contributed by atoms with Crippen LogP contribution in [0.25, 0.3) is 0 Å². The first-order chi connectivity index (χ1) is 10.1.